The SMILES string of the molecule is CN(CCCNC(=O)COc1cccc(NC(=O)c2ccco2)c1)Cc1ccccc1. The normalized spacial score (nSPS) is 10.6. The molecule has 2 aromatic carbocycles. The van der Waals surface area contributed by atoms with Crippen LogP contribution in [-0.4, -0.2) is 43.5 Å². The van der Waals surface area contributed by atoms with Crippen LogP contribution < -0.4 is 15.4 Å². The van der Waals surface area contributed by atoms with Crippen molar-refractivity contribution in [2.75, 3.05) is 32.1 Å². The molecule has 0 aliphatic carbocycles. The lowest BCUT2D eigenvalue weighted by Gasteiger charge is -2.16. The third-order valence-corrected chi connectivity index (χ3v) is 4.54. The molecule has 7 nitrogen and oxygen atoms in total. The first kappa shape index (κ1) is 22.1. The van der Waals surface area contributed by atoms with Gasteiger partial charge in [-0.3, -0.25) is 9.59 Å². The molecule has 0 aliphatic rings. The van der Waals surface area contributed by atoms with Gasteiger partial charge in [0, 0.05) is 24.8 Å². The van der Waals surface area contributed by atoms with Gasteiger partial charge in [0.25, 0.3) is 11.8 Å². The lowest BCUT2D eigenvalue weighted by atomic mass is 10.2. The van der Waals surface area contributed by atoms with Crippen molar-refractivity contribution < 1.29 is 18.7 Å². The highest BCUT2D eigenvalue weighted by Gasteiger charge is 2.09. The number of ether oxygens (including phenoxy) is 1. The van der Waals surface area contributed by atoms with Crippen LogP contribution in [0.25, 0.3) is 0 Å². The predicted molar refractivity (Wildman–Crippen MR) is 119 cm³/mol. The van der Waals surface area contributed by atoms with E-state index in [1.54, 1.807) is 36.4 Å². The van der Waals surface area contributed by atoms with Gasteiger partial charge >= 0.3 is 0 Å². The second kappa shape index (κ2) is 11.6. The molecule has 0 aliphatic heterocycles. The van der Waals surface area contributed by atoms with E-state index in [0.29, 0.717) is 18.0 Å². The maximum atomic E-state index is 12.0. The zero-order valence-electron chi connectivity index (χ0n) is 17.5. The second-order valence-corrected chi connectivity index (χ2v) is 7.17. The van der Waals surface area contributed by atoms with Crippen molar-refractivity contribution in [1.82, 2.24) is 10.2 Å². The van der Waals surface area contributed by atoms with E-state index in [2.05, 4.69) is 34.7 Å². The van der Waals surface area contributed by atoms with Gasteiger partial charge in [-0.15, -0.1) is 0 Å². The molecule has 0 bridgehead atoms. The summed E-state index contributed by atoms with van der Waals surface area (Å²) in [5, 5.41) is 5.59. The topological polar surface area (TPSA) is 83.8 Å². The largest absolute Gasteiger partial charge is 0.484 e. The van der Waals surface area contributed by atoms with E-state index in [-0.39, 0.29) is 24.2 Å². The first-order chi connectivity index (χ1) is 15.1. The van der Waals surface area contributed by atoms with Crippen molar-refractivity contribution >= 4 is 17.5 Å². The molecule has 0 saturated heterocycles. The summed E-state index contributed by atoms with van der Waals surface area (Å²) in [6.07, 6.45) is 2.29. The molecule has 0 radical (unpaired) electrons. The summed E-state index contributed by atoms with van der Waals surface area (Å²) in [6.45, 7) is 2.26. The minimum Gasteiger partial charge on any atom is -0.484 e. The fraction of sp³-hybridized carbons (Fsp3) is 0.250. The summed E-state index contributed by atoms with van der Waals surface area (Å²) in [4.78, 5) is 26.3. The van der Waals surface area contributed by atoms with Crippen molar-refractivity contribution in [1.29, 1.82) is 0 Å². The van der Waals surface area contributed by atoms with E-state index >= 15 is 0 Å². The molecule has 0 unspecified atom stereocenters. The Balaban J connectivity index is 1.33. The third kappa shape index (κ3) is 7.64. The Hall–Kier alpha value is -3.58. The molecule has 0 spiro atoms. The molecule has 1 heterocycles. The van der Waals surface area contributed by atoms with E-state index in [0.717, 1.165) is 19.5 Å². The number of carbonyl (C=O) groups is 2. The quantitative estimate of drug-likeness (QED) is 0.463. The summed E-state index contributed by atoms with van der Waals surface area (Å²) in [5.41, 5.74) is 1.82. The smallest absolute Gasteiger partial charge is 0.291 e. The van der Waals surface area contributed by atoms with Gasteiger partial charge in [-0.25, -0.2) is 0 Å². The molecule has 0 saturated carbocycles. The summed E-state index contributed by atoms with van der Waals surface area (Å²) < 4.78 is 10.6. The zero-order valence-corrected chi connectivity index (χ0v) is 17.5. The number of furan rings is 1. The molecule has 1 aromatic heterocycles. The second-order valence-electron chi connectivity index (χ2n) is 7.17. The average molecular weight is 421 g/mol. The molecule has 2 N–H and O–H groups in total. The number of hydrogen-bond acceptors (Lipinski definition) is 5. The molecule has 162 valence electrons. The number of hydrogen-bond donors (Lipinski definition) is 2. The fourth-order valence-corrected chi connectivity index (χ4v) is 3.01. The highest BCUT2D eigenvalue weighted by molar-refractivity contribution is 6.02. The van der Waals surface area contributed by atoms with Gasteiger partial charge in [0.1, 0.15) is 5.75 Å². The first-order valence-corrected chi connectivity index (χ1v) is 10.2. The maximum absolute atomic E-state index is 12.0. The number of rotatable bonds is 11. The molecular formula is C24H27N3O4. The van der Waals surface area contributed by atoms with E-state index in [1.807, 2.05) is 18.2 Å². The van der Waals surface area contributed by atoms with Gasteiger partial charge in [-0.05, 0) is 49.8 Å². The Morgan fingerprint density at radius 2 is 1.87 bits per heavy atom. The summed E-state index contributed by atoms with van der Waals surface area (Å²) in [7, 11) is 2.07. The van der Waals surface area contributed by atoms with Gasteiger partial charge in [-0.1, -0.05) is 36.4 Å². The number of amides is 2. The molecule has 0 fully saturated rings. The maximum Gasteiger partial charge on any atom is 0.291 e. The molecule has 31 heavy (non-hydrogen) atoms. The van der Waals surface area contributed by atoms with Gasteiger partial charge in [0.05, 0.1) is 6.26 Å². The predicted octanol–water partition coefficient (Wildman–Crippen LogP) is 3.55. The van der Waals surface area contributed by atoms with Crippen molar-refractivity contribution in [2.45, 2.75) is 13.0 Å². The summed E-state index contributed by atoms with van der Waals surface area (Å²) >= 11 is 0. The highest BCUT2D eigenvalue weighted by Crippen LogP contribution is 2.18. The average Bonchev–Trinajstić information content (AvgIpc) is 3.31. The molecule has 0 atom stereocenters. The minimum absolute atomic E-state index is 0.0879. The van der Waals surface area contributed by atoms with Crippen LogP contribution in [0.1, 0.15) is 22.5 Å². The van der Waals surface area contributed by atoms with Gasteiger partial charge in [0.15, 0.2) is 12.4 Å². The summed E-state index contributed by atoms with van der Waals surface area (Å²) in [6, 6.07) is 20.4. The first-order valence-electron chi connectivity index (χ1n) is 10.2. The van der Waals surface area contributed by atoms with Crippen LogP contribution in [0.4, 0.5) is 5.69 Å². The lowest BCUT2D eigenvalue weighted by molar-refractivity contribution is -0.123. The number of nitrogens with one attached hydrogen (secondary N) is 2. The van der Waals surface area contributed by atoms with Crippen LogP contribution in [0.2, 0.25) is 0 Å². The highest BCUT2D eigenvalue weighted by atomic mass is 16.5. The molecular weight excluding hydrogens is 394 g/mol. The number of carbonyl (C=O) groups excluding carboxylic acids is 2. The van der Waals surface area contributed by atoms with Crippen LogP contribution in [0.15, 0.2) is 77.4 Å². The molecule has 3 aromatic rings. The van der Waals surface area contributed by atoms with Crippen molar-refractivity contribution in [2.24, 2.45) is 0 Å². The van der Waals surface area contributed by atoms with Gasteiger partial charge in [-0.2, -0.15) is 0 Å². The Kier molecular flexibility index (Phi) is 8.25. The molecule has 3 rings (SSSR count). The van der Waals surface area contributed by atoms with Crippen molar-refractivity contribution in [3.8, 4) is 5.75 Å². The van der Waals surface area contributed by atoms with Crippen LogP contribution in [0.3, 0.4) is 0 Å². The van der Waals surface area contributed by atoms with E-state index in [1.165, 1.54) is 11.8 Å². The van der Waals surface area contributed by atoms with Crippen molar-refractivity contribution in [3.63, 3.8) is 0 Å². The Bertz CT molecular complexity index is 958. The Morgan fingerprint density at radius 1 is 1.03 bits per heavy atom. The standard InChI is InChI=1S/C24H27N3O4/c1-27(17-19-8-3-2-4-9-19)14-7-13-25-23(28)18-31-21-11-5-10-20(16-21)26-24(29)22-12-6-15-30-22/h2-6,8-12,15-16H,7,13-14,17-18H2,1H3,(H,25,28)(H,26,29). The van der Waals surface area contributed by atoms with E-state index < -0.39 is 0 Å². The zero-order chi connectivity index (χ0) is 21.9. The number of nitrogens with zero attached hydrogens (tertiary/aromatic N) is 1. The van der Waals surface area contributed by atoms with E-state index in [9.17, 15) is 9.59 Å². The summed E-state index contributed by atoms with van der Waals surface area (Å²) in [5.74, 6) is 0.183. The van der Waals surface area contributed by atoms with Gasteiger partial charge in [0.2, 0.25) is 0 Å². The van der Waals surface area contributed by atoms with Crippen LogP contribution in [0.5, 0.6) is 5.75 Å². The molecule has 2 amide bonds. The van der Waals surface area contributed by atoms with Gasteiger partial charge < -0.3 is 24.7 Å². The van der Waals surface area contributed by atoms with Crippen LogP contribution >= 0.6 is 0 Å². The Morgan fingerprint density at radius 3 is 2.65 bits per heavy atom. The number of benzene rings is 2. The lowest BCUT2D eigenvalue weighted by Crippen LogP contribution is -2.31. The monoisotopic (exact) mass is 421 g/mol. The molecule has 7 heteroatoms. The van der Waals surface area contributed by atoms with Crippen LogP contribution in [-0.2, 0) is 11.3 Å². The minimum atomic E-state index is -0.350. The Labute approximate surface area is 182 Å². The van der Waals surface area contributed by atoms with Crippen molar-refractivity contribution in [3.05, 3.63) is 84.3 Å². The van der Waals surface area contributed by atoms with E-state index in [4.69, 9.17) is 9.15 Å². The number of anilines is 1. The van der Waals surface area contributed by atoms with Crippen LogP contribution in [0, 0.1) is 0 Å². The fourth-order valence-electron chi connectivity index (χ4n) is 3.01. The third-order valence-electron chi connectivity index (χ3n) is 4.54.